The standard InChI is InChI=1S/C20H24BNO6/c1-26-20(25)17(22-19(24)18(23)15-7-5-4-6-8-15)13-14-9-11-16(12-10-14)21(27-2)28-3/h4-12,17-18,23H,13H2,1-3H3,(H,22,24)/t17-,18+/m1/s1. The van der Waals surface area contributed by atoms with E-state index in [1.165, 1.54) is 7.11 Å². The molecule has 1 amide bonds. The number of aliphatic hydroxyl groups excluding tert-OH is 1. The summed E-state index contributed by atoms with van der Waals surface area (Å²) in [5.74, 6) is -1.26. The van der Waals surface area contributed by atoms with Gasteiger partial charge in [-0.25, -0.2) is 4.79 Å². The van der Waals surface area contributed by atoms with Crippen LogP contribution in [0.2, 0.25) is 0 Å². The summed E-state index contributed by atoms with van der Waals surface area (Å²) in [6.07, 6.45) is -1.16. The highest BCUT2D eigenvalue weighted by atomic mass is 16.6. The fraction of sp³-hybridized carbons (Fsp3) is 0.300. The van der Waals surface area contributed by atoms with Gasteiger partial charge >= 0.3 is 13.1 Å². The van der Waals surface area contributed by atoms with Crippen LogP contribution in [0.3, 0.4) is 0 Å². The molecule has 0 heterocycles. The van der Waals surface area contributed by atoms with Gasteiger partial charge in [0.1, 0.15) is 6.04 Å². The molecule has 2 rings (SSSR count). The Bertz CT molecular complexity index is 764. The Kier molecular flexibility index (Phi) is 8.19. The van der Waals surface area contributed by atoms with Gasteiger partial charge in [0, 0.05) is 20.6 Å². The third-order valence-corrected chi connectivity index (χ3v) is 4.29. The molecule has 28 heavy (non-hydrogen) atoms. The largest absolute Gasteiger partial charge is 0.493 e. The molecule has 0 saturated carbocycles. The Morgan fingerprint density at radius 3 is 2.14 bits per heavy atom. The fourth-order valence-corrected chi connectivity index (χ4v) is 2.79. The van der Waals surface area contributed by atoms with E-state index in [1.807, 2.05) is 24.3 Å². The second-order valence-electron chi connectivity index (χ2n) is 6.15. The monoisotopic (exact) mass is 385 g/mol. The quantitative estimate of drug-likeness (QED) is 0.485. The van der Waals surface area contributed by atoms with Gasteiger partial charge in [-0.15, -0.1) is 0 Å². The molecule has 0 bridgehead atoms. The van der Waals surface area contributed by atoms with Gasteiger partial charge in [-0.05, 0) is 16.6 Å². The maximum absolute atomic E-state index is 12.4. The van der Waals surface area contributed by atoms with Crippen LogP contribution >= 0.6 is 0 Å². The zero-order chi connectivity index (χ0) is 20.5. The molecule has 0 fully saturated rings. The van der Waals surface area contributed by atoms with E-state index < -0.39 is 31.1 Å². The summed E-state index contributed by atoms with van der Waals surface area (Å²) in [5, 5.41) is 12.8. The van der Waals surface area contributed by atoms with E-state index in [0.29, 0.717) is 5.56 Å². The Labute approximate surface area is 164 Å². The number of rotatable bonds is 9. The summed E-state index contributed by atoms with van der Waals surface area (Å²) in [4.78, 5) is 24.5. The van der Waals surface area contributed by atoms with Gasteiger partial charge in [0.05, 0.1) is 7.11 Å². The first kappa shape index (κ1) is 21.6. The summed E-state index contributed by atoms with van der Waals surface area (Å²) in [7, 11) is 3.86. The maximum atomic E-state index is 12.4. The van der Waals surface area contributed by atoms with Crippen molar-refractivity contribution in [1.82, 2.24) is 5.32 Å². The number of methoxy groups -OCH3 is 1. The summed E-state index contributed by atoms with van der Waals surface area (Å²) in [5.41, 5.74) is 2.07. The van der Waals surface area contributed by atoms with Gasteiger partial charge in [-0.3, -0.25) is 4.79 Å². The van der Waals surface area contributed by atoms with Crippen LogP contribution in [0.25, 0.3) is 0 Å². The third kappa shape index (κ3) is 5.66. The van der Waals surface area contributed by atoms with E-state index in [9.17, 15) is 14.7 Å². The van der Waals surface area contributed by atoms with E-state index in [0.717, 1.165) is 11.0 Å². The smallest absolute Gasteiger partial charge is 0.467 e. The minimum absolute atomic E-state index is 0.213. The number of hydrogen-bond acceptors (Lipinski definition) is 6. The van der Waals surface area contributed by atoms with Crippen molar-refractivity contribution in [3.63, 3.8) is 0 Å². The fourth-order valence-electron chi connectivity index (χ4n) is 2.79. The van der Waals surface area contributed by atoms with E-state index in [1.54, 1.807) is 44.6 Å². The second kappa shape index (κ2) is 10.6. The molecular weight excluding hydrogens is 361 g/mol. The zero-order valence-electron chi connectivity index (χ0n) is 16.1. The van der Waals surface area contributed by atoms with Crippen LogP contribution < -0.4 is 10.8 Å². The molecule has 0 aliphatic rings. The summed E-state index contributed by atoms with van der Waals surface area (Å²) in [6.45, 7) is 0. The normalized spacial score (nSPS) is 12.7. The highest BCUT2D eigenvalue weighted by Gasteiger charge is 2.26. The first-order valence-corrected chi connectivity index (χ1v) is 8.75. The SMILES string of the molecule is COB(OC)c1ccc(C[C@@H](NC(=O)[C@@H](O)c2ccccc2)C(=O)OC)cc1. The highest BCUT2D eigenvalue weighted by molar-refractivity contribution is 6.61. The number of hydrogen-bond donors (Lipinski definition) is 2. The van der Waals surface area contributed by atoms with Crippen LogP contribution in [-0.4, -0.2) is 51.5 Å². The molecule has 8 heteroatoms. The molecule has 0 aliphatic carbocycles. The minimum atomic E-state index is -1.38. The van der Waals surface area contributed by atoms with Gasteiger partial charge < -0.3 is 24.5 Å². The zero-order valence-corrected chi connectivity index (χ0v) is 16.1. The Balaban J connectivity index is 2.09. The van der Waals surface area contributed by atoms with Crippen molar-refractivity contribution in [2.75, 3.05) is 21.3 Å². The molecular formula is C20H24BNO6. The second-order valence-corrected chi connectivity index (χ2v) is 6.15. The topological polar surface area (TPSA) is 94.1 Å². The predicted molar refractivity (Wildman–Crippen MR) is 105 cm³/mol. The first-order chi connectivity index (χ1) is 13.5. The van der Waals surface area contributed by atoms with Crippen LogP contribution in [0.5, 0.6) is 0 Å². The number of aliphatic hydroxyl groups is 1. The molecule has 0 aromatic heterocycles. The van der Waals surface area contributed by atoms with E-state index in [-0.39, 0.29) is 6.42 Å². The minimum Gasteiger partial charge on any atom is -0.467 e. The number of benzene rings is 2. The number of amides is 1. The number of carbonyl (C=O) groups is 2. The van der Waals surface area contributed by atoms with Gasteiger partial charge in [0.15, 0.2) is 6.10 Å². The van der Waals surface area contributed by atoms with Crippen LogP contribution in [0.1, 0.15) is 17.2 Å². The number of esters is 1. The average Bonchev–Trinajstić information content (AvgIpc) is 2.74. The first-order valence-electron chi connectivity index (χ1n) is 8.75. The Morgan fingerprint density at radius 2 is 1.61 bits per heavy atom. The molecule has 0 saturated heterocycles. The number of nitrogens with one attached hydrogen (secondary N) is 1. The van der Waals surface area contributed by atoms with Crippen molar-refractivity contribution >= 4 is 24.5 Å². The number of ether oxygens (including phenoxy) is 1. The van der Waals surface area contributed by atoms with E-state index in [2.05, 4.69) is 5.32 Å². The molecule has 0 radical (unpaired) electrons. The van der Waals surface area contributed by atoms with Crippen molar-refractivity contribution in [2.45, 2.75) is 18.6 Å². The lowest BCUT2D eigenvalue weighted by atomic mass is 9.78. The van der Waals surface area contributed by atoms with Crippen LogP contribution in [-0.2, 0) is 30.1 Å². The highest BCUT2D eigenvalue weighted by Crippen LogP contribution is 2.13. The van der Waals surface area contributed by atoms with Crippen LogP contribution in [0.15, 0.2) is 54.6 Å². The molecule has 0 spiro atoms. The van der Waals surface area contributed by atoms with Crippen molar-refractivity contribution in [3.8, 4) is 0 Å². The number of carbonyl (C=O) groups excluding carboxylic acids is 2. The van der Waals surface area contributed by atoms with Gasteiger partial charge in [0.2, 0.25) is 0 Å². The van der Waals surface area contributed by atoms with Crippen molar-refractivity contribution < 1.29 is 28.7 Å². The van der Waals surface area contributed by atoms with Crippen molar-refractivity contribution in [3.05, 3.63) is 65.7 Å². The average molecular weight is 385 g/mol. The molecule has 0 aliphatic heterocycles. The molecule has 2 aromatic carbocycles. The Hall–Kier alpha value is -2.68. The van der Waals surface area contributed by atoms with Crippen LogP contribution in [0, 0.1) is 0 Å². The Morgan fingerprint density at radius 1 is 1.00 bits per heavy atom. The summed E-state index contributed by atoms with van der Waals surface area (Å²) >= 11 is 0. The maximum Gasteiger partial charge on any atom is 0.493 e. The lowest BCUT2D eigenvalue weighted by Crippen LogP contribution is -2.45. The van der Waals surface area contributed by atoms with E-state index in [4.69, 9.17) is 14.0 Å². The molecule has 0 unspecified atom stereocenters. The summed E-state index contributed by atoms with van der Waals surface area (Å²) < 4.78 is 15.2. The molecule has 2 N–H and O–H groups in total. The van der Waals surface area contributed by atoms with Crippen molar-refractivity contribution in [1.29, 1.82) is 0 Å². The van der Waals surface area contributed by atoms with Gasteiger partial charge in [0.25, 0.3) is 5.91 Å². The third-order valence-electron chi connectivity index (χ3n) is 4.29. The molecule has 2 atom stereocenters. The van der Waals surface area contributed by atoms with Gasteiger partial charge in [-0.2, -0.15) is 0 Å². The summed E-state index contributed by atoms with van der Waals surface area (Å²) in [6, 6.07) is 14.8. The van der Waals surface area contributed by atoms with Gasteiger partial charge in [-0.1, -0.05) is 54.6 Å². The lowest BCUT2D eigenvalue weighted by Gasteiger charge is -2.19. The molecule has 148 valence electrons. The van der Waals surface area contributed by atoms with E-state index >= 15 is 0 Å². The van der Waals surface area contributed by atoms with Crippen molar-refractivity contribution in [2.24, 2.45) is 0 Å². The molecule has 7 nitrogen and oxygen atoms in total. The lowest BCUT2D eigenvalue weighted by molar-refractivity contribution is -0.146. The van der Waals surface area contributed by atoms with Crippen LogP contribution in [0.4, 0.5) is 0 Å². The molecule has 2 aromatic rings. The predicted octanol–water partition coefficient (Wildman–Crippen LogP) is 0.608.